The Morgan fingerprint density at radius 1 is 1.23 bits per heavy atom. The van der Waals surface area contributed by atoms with Gasteiger partial charge in [-0.25, -0.2) is 0 Å². The molecule has 0 heterocycles. The summed E-state index contributed by atoms with van der Waals surface area (Å²) in [7, 11) is 3.18. The minimum atomic E-state index is 0.0151. The lowest BCUT2D eigenvalue weighted by Crippen LogP contribution is -1.95. The van der Waals surface area contributed by atoms with Crippen molar-refractivity contribution in [1.82, 2.24) is 0 Å². The number of rotatable bonds is 3. The number of aliphatic hydroxyl groups is 1. The molecule has 0 spiro atoms. The van der Waals surface area contributed by atoms with E-state index in [-0.39, 0.29) is 6.61 Å². The van der Waals surface area contributed by atoms with Crippen LogP contribution >= 0.6 is 0 Å². The molecule has 0 fully saturated rings. The number of hydrogen-bond acceptors (Lipinski definition) is 3. The highest BCUT2D eigenvalue weighted by Crippen LogP contribution is 2.31. The van der Waals surface area contributed by atoms with E-state index in [2.05, 4.69) is 0 Å². The fourth-order valence-electron chi connectivity index (χ4n) is 1.32. The SMILES string of the molecule is COc1cc(CO)cc(C)c1OC. The number of ether oxygens (including phenoxy) is 2. The second kappa shape index (κ2) is 4.14. The molecule has 1 N–H and O–H groups in total. The first-order valence-corrected chi connectivity index (χ1v) is 4.05. The molecule has 3 heteroatoms. The summed E-state index contributed by atoms with van der Waals surface area (Å²) in [4.78, 5) is 0. The van der Waals surface area contributed by atoms with Crippen LogP contribution in [0.15, 0.2) is 12.1 Å². The van der Waals surface area contributed by atoms with Crippen molar-refractivity contribution in [2.75, 3.05) is 14.2 Å². The quantitative estimate of drug-likeness (QED) is 0.770. The summed E-state index contributed by atoms with van der Waals surface area (Å²) in [6.07, 6.45) is 0. The predicted molar refractivity (Wildman–Crippen MR) is 50.2 cm³/mol. The molecule has 0 unspecified atom stereocenters. The molecule has 0 aliphatic carbocycles. The van der Waals surface area contributed by atoms with Gasteiger partial charge in [0.25, 0.3) is 0 Å². The molecule has 0 atom stereocenters. The van der Waals surface area contributed by atoms with E-state index >= 15 is 0 Å². The maximum absolute atomic E-state index is 8.95. The molecule has 1 rings (SSSR count). The Balaban J connectivity index is 3.20. The zero-order valence-corrected chi connectivity index (χ0v) is 8.13. The van der Waals surface area contributed by atoms with Gasteiger partial charge >= 0.3 is 0 Å². The molecule has 13 heavy (non-hydrogen) atoms. The molecule has 0 saturated carbocycles. The lowest BCUT2D eigenvalue weighted by atomic mass is 10.1. The first kappa shape index (κ1) is 9.86. The molecule has 0 aliphatic rings. The third-order valence-corrected chi connectivity index (χ3v) is 1.91. The third-order valence-electron chi connectivity index (χ3n) is 1.91. The van der Waals surface area contributed by atoms with Gasteiger partial charge in [0, 0.05) is 0 Å². The van der Waals surface area contributed by atoms with Gasteiger partial charge in [0.2, 0.25) is 0 Å². The van der Waals surface area contributed by atoms with E-state index in [1.54, 1.807) is 20.3 Å². The summed E-state index contributed by atoms with van der Waals surface area (Å²) in [5, 5.41) is 8.95. The van der Waals surface area contributed by atoms with Gasteiger partial charge < -0.3 is 14.6 Å². The summed E-state index contributed by atoms with van der Waals surface area (Å²) in [6.45, 7) is 1.93. The highest BCUT2D eigenvalue weighted by molar-refractivity contribution is 5.48. The lowest BCUT2D eigenvalue weighted by molar-refractivity contribution is 0.280. The zero-order chi connectivity index (χ0) is 9.84. The van der Waals surface area contributed by atoms with Gasteiger partial charge in [-0.15, -0.1) is 0 Å². The van der Waals surface area contributed by atoms with Crippen molar-refractivity contribution in [1.29, 1.82) is 0 Å². The predicted octanol–water partition coefficient (Wildman–Crippen LogP) is 1.50. The van der Waals surface area contributed by atoms with Crippen molar-refractivity contribution in [2.24, 2.45) is 0 Å². The highest BCUT2D eigenvalue weighted by Gasteiger charge is 2.08. The van der Waals surface area contributed by atoms with E-state index in [9.17, 15) is 0 Å². The number of hydrogen-bond donors (Lipinski definition) is 1. The van der Waals surface area contributed by atoms with Crippen LogP contribution in [0.3, 0.4) is 0 Å². The summed E-state index contributed by atoms with van der Waals surface area (Å²) >= 11 is 0. The number of aryl methyl sites for hydroxylation is 1. The third kappa shape index (κ3) is 1.92. The average molecular weight is 182 g/mol. The van der Waals surface area contributed by atoms with Gasteiger partial charge in [0.1, 0.15) is 0 Å². The fraction of sp³-hybridized carbons (Fsp3) is 0.400. The van der Waals surface area contributed by atoms with E-state index in [0.717, 1.165) is 16.9 Å². The molecule has 0 aliphatic heterocycles. The number of aliphatic hydroxyl groups excluding tert-OH is 1. The molecule has 0 radical (unpaired) electrons. The second-order valence-corrected chi connectivity index (χ2v) is 2.81. The van der Waals surface area contributed by atoms with E-state index in [1.165, 1.54) is 0 Å². The molecule has 1 aromatic rings. The van der Waals surface area contributed by atoms with Crippen LogP contribution in [-0.4, -0.2) is 19.3 Å². The van der Waals surface area contributed by atoms with Crippen molar-refractivity contribution in [3.8, 4) is 11.5 Å². The van der Waals surface area contributed by atoms with E-state index in [1.807, 2.05) is 13.0 Å². The maximum Gasteiger partial charge on any atom is 0.163 e. The first-order valence-electron chi connectivity index (χ1n) is 4.05. The smallest absolute Gasteiger partial charge is 0.163 e. The van der Waals surface area contributed by atoms with Crippen LogP contribution in [0.2, 0.25) is 0 Å². The second-order valence-electron chi connectivity index (χ2n) is 2.81. The highest BCUT2D eigenvalue weighted by atomic mass is 16.5. The molecular weight excluding hydrogens is 168 g/mol. The van der Waals surface area contributed by atoms with Gasteiger partial charge in [-0.1, -0.05) is 0 Å². The zero-order valence-electron chi connectivity index (χ0n) is 8.13. The molecular formula is C10H14O3. The minimum Gasteiger partial charge on any atom is -0.493 e. The molecule has 1 aromatic carbocycles. The summed E-state index contributed by atoms with van der Waals surface area (Å²) in [6, 6.07) is 3.65. The van der Waals surface area contributed by atoms with Crippen LogP contribution in [0.25, 0.3) is 0 Å². The Labute approximate surface area is 77.9 Å². The normalized spacial score (nSPS) is 9.85. The van der Waals surface area contributed by atoms with Crippen LogP contribution < -0.4 is 9.47 Å². The Hall–Kier alpha value is -1.22. The molecule has 0 saturated heterocycles. The van der Waals surface area contributed by atoms with Gasteiger partial charge in [-0.05, 0) is 30.2 Å². The number of benzene rings is 1. The Bertz CT molecular complexity index is 294. The van der Waals surface area contributed by atoms with Crippen molar-refractivity contribution in [3.05, 3.63) is 23.3 Å². The van der Waals surface area contributed by atoms with Crippen molar-refractivity contribution < 1.29 is 14.6 Å². The average Bonchev–Trinajstić information content (AvgIpc) is 2.16. The van der Waals surface area contributed by atoms with E-state index in [0.29, 0.717) is 5.75 Å². The van der Waals surface area contributed by atoms with Crippen LogP contribution in [0.1, 0.15) is 11.1 Å². The molecule has 0 bridgehead atoms. The number of methoxy groups -OCH3 is 2. The molecule has 72 valence electrons. The first-order chi connectivity index (χ1) is 6.22. The maximum atomic E-state index is 8.95. The molecule has 0 aromatic heterocycles. The van der Waals surface area contributed by atoms with Gasteiger partial charge in [-0.3, -0.25) is 0 Å². The van der Waals surface area contributed by atoms with Crippen LogP contribution in [0.5, 0.6) is 11.5 Å². The van der Waals surface area contributed by atoms with Crippen molar-refractivity contribution >= 4 is 0 Å². The molecule has 0 amide bonds. The summed E-state index contributed by atoms with van der Waals surface area (Å²) in [5.74, 6) is 1.38. The Morgan fingerprint density at radius 2 is 1.92 bits per heavy atom. The topological polar surface area (TPSA) is 38.7 Å². The van der Waals surface area contributed by atoms with Crippen molar-refractivity contribution in [3.63, 3.8) is 0 Å². The summed E-state index contributed by atoms with van der Waals surface area (Å²) in [5.41, 5.74) is 1.79. The monoisotopic (exact) mass is 182 g/mol. The van der Waals surface area contributed by atoms with Crippen LogP contribution in [-0.2, 0) is 6.61 Å². The van der Waals surface area contributed by atoms with Crippen LogP contribution in [0.4, 0.5) is 0 Å². The van der Waals surface area contributed by atoms with Crippen molar-refractivity contribution in [2.45, 2.75) is 13.5 Å². The van der Waals surface area contributed by atoms with Gasteiger partial charge in [-0.2, -0.15) is 0 Å². The van der Waals surface area contributed by atoms with Gasteiger partial charge in [0.15, 0.2) is 11.5 Å². The van der Waals surface area contributed by atoms with Gasteiger partial charge in [0.05, 0.1) is 20.8 Å². The Kier molecular flexibility index (Phi) is 3.14. The standard InChI is InChI=1S/C10H14O3/c1-7-4-8(6-11)5-9(12-2)10(7)13-3/h4-5,11H,6H2,1-3H3. The van der Waals surface area contributed by atoms with E-state index in [4.69, 9.17) is 14.6 Å². The summed E-state index contributed by atoms with van der Waals surface area (Å²) < 4.78 is 10.3. The Morgan fingerprint density at radius 3 is 2.38 bits per heavy atom. The minimum absolute atomic E-state index is 0.0151. The fourth-order valence-corrected chi connectivity index (χ4v) is 1.32. The van der Waals surface area contributed by atoms with E-state index < -0.39 is 0 Å². The van der Waals surface area contributed by atoms with Crippen LogP contribution in [0, 0.1) is 6.92 Å². The lowest BCUT2D eigenvalue weighted by Gasteiger charge is -2.11. The largest absolute Gasteiger partial charge is 0.493 e. The molecule has 3 nitrogen and oxygen atoms in total.